The number of aryl methyl sites for hydroxylation is 4. The van der Waals surface area contributed by atoms with Crippen LogP contribution < -0.4 is 5.56 Å². The third kappa shape index (κ3) is 2.23. The normalized spacial score (nSPS) is 11.1. The molecular formula is C19H20N2O. The van der Waals surface area contributed by atoms with Crippen LogP contribution in [0.4, 0.5) is 0 Å². The summed E-state index contributed by atoms with van der Waals surface area (Å²) in [6, 6.07) is 11.8. The highest BCUT2D eigenvalue weighted by molar-refractivity contribution is 5.78. The van der Waals surface area contributed by atoms with E-state index in [2.05, 4.69) is 32.9 Å². The number of fused-ring (bicyclic) bond motifs is 1. The van der Waals surface area contributed by atoms with Crippen LogP contribution in [0.5, 0.6) is 0 Å². The summed E-state index contributed by atoms with van der Waals surface area (Å²) in [6.07, 6.45) is 0.715. The van der Waals surface area contributed by atoms with Gasteiger partial charge in [-0.25, -0.2) is 4.98 Å². The zero-order chi connectivity index (χ0) is 15.9. The van der Waals surface area contributed by atoms with Gasteiger partial charge < -0.3 is 0 Å². The SMILES string of the molecule is CCc1nc2ccccc2c(=O)n1-c1c([12CH3])cc(C)cc1[13CH3]. The maximum atomic E-state index is 13.0. The molecule has 112 valence electrons. The number of hydrogen-bond donors (Lipinski definition) is 0. The largest absolute Gasteiger partial charge is 0.268 e. The van der Waals surface area contributed by atoms with Gasteiger partial charge in [0.05, 0.1) is 16.6 Å². The summed E-state index contributed by atoms with van der Waals surface area (Å²) in [7, 11) is 0. The second-order valence-electron chi connectivity index (χ2n) is 5.79. The Balaban J connectivity index is 2.46. The summed E-state index contributed by atoms with van der Waals surface area (Å²) in [5, 5.41) is 0.666. The van der Waals surface area contributed by atoms with Crippen molar-refractivity contribution in [1.29, 1.82) is 0 Å². The van der Waals surface area contributed by atoms with Crippen LogP contribution >= 0.6 is 0 Å². The molecule has 3 rings (SSSR count). The highest BCUT2D eigenvalue weighted by atomic mass is 16.1. The minimum Gasteiger partial charge on any atom is -0.268 e. The molecule has 0 atom stereocenters. The summed E-state index contributed by atoms with van der Waals surface area (Å²) < 4.78 is 1.78. The van der Waals surface area contributed by atoms with Gasteiger partial charge in [-0.2, -0.15) is 0 Å². The molecule has 0 bridgehead atoms. The Morgan fingerprint density at radius 3 is 2.32 bits per heavy atom. The van der Waals surface area contributed by atoms with Crippen LogP contribution in [0.2, 0.25) is 0 Å². The lowest BCUT2D eigenvalue weighted by Gasteiger charge is -2.17. The first-order chi connectivity index (χ1) is 10.5. The van der Waals surface area contributed by atoms with E-state index in [-0.39, 0.29) is 5.56 Å². The Kier molecular flexibility index (Phi) is 3.57. The predicted molar refractivity (Wildman–Crippen MR) is 90.9 cm³/mol. The van der Waals surface area contributed by atoms with Crippen LogP contribution in [-0.4, -0.2) is 9.55 Å². The first-order valence-electron chi connectivity index (χ1n) is 7.61. The molecule has 0 aliphatic heterocycles. The summed E-state index contributed by atoms with van der Waals surface area (Å²) in [5.41, 5.74) is 5.16. The lowest BCUT2D eigenvalue weighted by atomic mass is 10.1. The van der Waals surface area contributed by atoms with Crippen LogP contribution in [0.3, 0.4) is 0 Å². The van der Waals surface area contributed by atoms with E-state index in [1.54, 1.807) is 4.57 Å². The molecule has 22 heavy (non-hydrogen) atoms. The van der Waals surface area contributed by atoms with Gasteiger partial charge in [0.1, 0.15) is 5.82 Å². The summed E-state index contributed by atoms with van der Waals surface area (Å²) >= 11 is 0. The van der Waals surface area contributed by atoms with E-state index in [0.717, 1.165) is 28.2 Å². The van der Waals surface area contributed by atoms with E-state index < -0.39 is 0 Å². The lowest BCUT2D eigenvalue weighted by molar-refractivity contribution is 0.823. The fourth-order valence-corrected chi connectivity index (χ4v) is 3.17. The molecule has 0 saturated heterocycles. The van der Waals surface area contributed by atoms with Crippen LogP contribution in [0.15, 0.2) is 41.2 Å². The van der Waals surface area contributed by atoms with Gasteiger partial charge in [-0.15, -0.1) is 0 Å². The van der Waals surface area contributed by atoms with Gasteiger partial charge in [-0.1, -0.05) is 36.8 Å². The third-order valence-corrected chi connectivity index (χ3v) is 4.02. The molecule has 0 spiro atoms. The molecule has 0 radical (unpaired) electrons. The van der Waals surface area contributed by atoms with Gasteiger partial charge in [0.25, 0.3) is 5.56 Å². The van der Waals surface area contributed by atoms with Gasteiger partial charge in [0.15, 0.2) is 0 Å². The molecule has 0 aliphatic rings. The van der Waals surface area contributed by atoms with Gasteiger partial charge in [-0.3, -0.25) is 9.36 Å². The summed E-state index contributed by atoms with van der Waals surface area (Å²) in [4.78, 5) is 17.7. The average molecular weight is 293 g/mol. The lowest BCUT2D eigenvalue weighted by Crippen LogP contribution is -2.25. The second kappa shape index (κ2) is 5.41. The molecule has 1 heterocycles. The van der Waals surface area contributed by atoms with E-state index in [1.807, 2.05) is 31.2 Å². The predicted octanol–water partition coefficient (Wildman–Crippen LogP) is 3.87. The standard InChI is InChI=1S/C19H20N2O/c1-5-17-20-16-9-7-6-8-15(16)19(22)21(17)18-13(3)10-12(2)11-14(18)4/h6-11H,5H2,1-4H3/i3+0,4+1. The molecule has 3 heteroatoms. The maximum absolute atomic E-state index is 13.0. The van der Waals surface area contributed by atoms with Crippen LogP contribution in [0.1, 0.15) is 29.4 Å². The highest BCUT2D eigenvalue weighted by Crippen LogP contribution is 2.22. The number of rotatable bonds is 2. The molecule has 0 fully saturated rings. The molecule has 0 N–H and O–H groups in total. The molecule has 0 unspecified atom stereocenters. The van der Waals surface area contributed by atoms with E-state index in [1.165, 1.54) is 5.56 Å². The fraction of sp³-hybridized carbons (Fsp3) is 0.263. The maximum Gasteiger partial charge on any atom is 0.265 e. The summed E-state index contributed by atoms with van der Waals surface area (Å²) in [5.74, 6) is 0.804. The smallest absolute Gasteiger partial charge is 0.265 e. The Morgan fingerprint density at radius 1 is 1.05 bits per heavy atom. The van der Waals surface area contributed by atoms with Crippen molar-refractivity contribution in [3.8, 4) is 5.69 Å². The van der Waals surface area contributed by atoms with E-state index >= 15 is 0 Å². The number of benzene rings is 2. The Bertz CT molecular complexity index is 899. The van der Waals surface area contributed by atoms with Gasteiger partial charge >= 0.3 is 0 Å². The Morgan fingerprint density at radius 2 is 1.68 bits per heavy atom. The first-order valence-corrected chi connectivity index (χ1v) is 7.61. The van der Waals surface area contributed by atoms with E-state index in [0.29, 0.717) is 11.8 Å². The Labute approximate surface area is 130 Å². The van der Waals surface area contributed by atoms with Crippen LogP contribution in [-0.2, 0) is 6.42 Å². The minimum atomic E-state index is 0.0116. The quantitative estimate of drug-likeness (QED) is 0.672. The van der Waals surface area contributed by atoms with Crippen molar-refractivity contribution in [3.05, 3.63) is 69.3 Å². The van der Waals surface area contributed by atoms with Crippen molar-refractivity contribution in [2.24, 2.45) is 0 Å². The highest BCUT2D eigenvalue weighted by Gasteiger charge is 2.15. The molecule has 3 nitrogen and oxygen atoms in total. The van der Waals surface area contributed by atoms with Crippen molar-refractivity contribution in [2.75, 3.05) is 0 Å². The zero-order valence-corrected chi connectivity index (χ0v) is 13.5. The molecule has 2 aromatic carbocycles. The first kappa shape index (κ1) is 14.5. The van der Waals surface area contributed by atoms with Gasteiger partial charge in [-0.05, 0) is 44.0 Å². The van der Waals surface area contributed by atoms with Crippen molar-refractivity contribution >= 4 is 10.9 Å². The van der Waals surface area contributed by atoms with Crippen LogP contribution in [0, 0.1) is 20.8 Å². The van der Waals surface area contributed by atoms with E-state index in [9.17, 15) is 4.79 Å². The number of aromatic nitrogens is 2. The molecule has 0 aliphatic carbocycles. The zero-order valence-electron chi connectivity index (χ0n) is 13.5. The topological polar surface area (TPSA) is 34.9 Å². The molecular weight excluding hydrogens is 273 g/mol. The van der Waals surface area contributed by atoms with E-state index in [4.69, 9.17) is 4.98 Å². The molecule has 0 saturated carbocycles. The molecule has 1 aromatic heterocycles. The Hall–Kier alpha value is -2.42. The van der Waals surface area contributed by atoms with Gasteiger partial charge in [0, 0.05) is 6.42 Å². The summed E-state index contributed by atoms with van der Waals surface area (Å²) in [6.45, 7) is 8.21. The number of hydrogen-bond acceptors (Lipinski definition) is 2. The number of nitrogens with zero attached hydrogens (tertiary/aromatic N) is 2. The van der Waals surface area contributed by atoms with Crippen molar-refractivity contribution in [2.45, 2.75) is 34.1 Å². The second-order valence-corrected chi connectivity index (χ2v) is 5.79. The number of para-hydroxylation sites is 1. The third-order valence-electron chi connectivity index (χ3n) is 4.02. The monoisotopic (exact) mass is 293 g/mol. The fourth-order valence-electron chi connectivity index (χ4n) is 3.17. The van der Waals surface area contributed by atoms with Gasteiger partial charge in [0.2, 0.25) is 0 Å². The van der Waals surface area contributed by atoms with Crippen LogP contribution in [0.25, 0.3) is 16.6 Å². The van der Waals surface area contributed by atoms with Crippen molar-refractivity contribution in [1.82, 2.24) is 9.55 Å². The molecule has 0 amide bonds. The van der Waals surface area contributed by atoms with Crippen molar-refractivity contribution < 1.29 is 0 Å². The minimum absolute atomic E-state index is 0.0116. The molecule has 3 aromatic rings. The average Bonchev–Trinajstić information content (AvgIpc) is 2.48. The van der Waals surface area contributed by atoms with Crippen molar-refractivity contribution in [3.63, 3.8) is 0 Å².